The van der Waals surface area contributed by atoms with Crippen molar-refractivity contribution in [3.05, 3.63) is 89.3 Å². The number of nitrogens with zero attached hydrogens (tertiary/aromatic N) is 5. The fourth-order valence-electron chi connectivity index (χ4n) is 3.64. The largest absolute Gasteiger partial charge is 0.329 e. The van der Waals surface area contributed by atoms with Crippen molar-refractivity contribution in [2.24, 2.45) is 0 Å². The maximum absolute atomic E-state index is 13.4. The van der Waals surface area contributed by atoms with E-state index >= 15 is 0 Å². The van der Waals surface area contributed by atoms with Crippen LogP contribution in [-0.4, -0.2) is 34.1 Å². The summed E-state index contributed by atoms with van der Waals surface area (Å²) in [5, 5.41) is 0. The Morgan fingerprint density at radius 3 is 2.62 bits per heavy atom. The van der Waals surface area contributed by atoms with Crippen LogP contribution in [0.4, 0.5) is 16.2 Å². The number of imidazole rings is 1. The van der Waals surface area contributed by atoms with Crippen LogP contribution >= 0.6 is 0 Å². The minimum Gasteiger partial charge on any atom is -0.329 e. The lowest BCUT2D eigenvalue weighted by Crippen LogP contribution is -2.41. The average molecular weight is 430 g/mol. The van der Waals surface area contributed by atoms with Crippen molar-refractivity contribution in [1.29, 1.82) is 0 Å². The third-order valence-corrected chi connectivity index (χ3v) is 5.55. The van der Waals surface area contributed by atoms with Crippen molar-refractivity contribution in [3.63, 3.8) is 0 Å². The van der Waals surface area contributed by atoms with Gasteiger partial charge in [0.2, 0.25) is 0 Å². The predicted octanol–water partition coefficient (Wildman–Crippen LogP) is 6.04. The van der Waals surface area contributed by atoms with E-state index in [0.29, 0.717) is 25.3 Å². The van der Waals surface area contributed by atoms with Crippen molar-refractivity contribution < 1.29 is 4.79 Å². The van der Waals surface area contributed by atoms with E-state index in [1.807, 2.05) is 73.6 Å². The van der Waals surface area contributed by atoms with Crippen LogP contribution in [0.2, 0.25) is 0 Å². The van der Waals surface area contributed by atoms with Crippen molar-refractivity contribution in [2.45, 2.75) is 46.2 Å². The molecular weight excluding hydrogens is 398 g/mol. The lowest BCUT2D eigenvalue weighted by molar-refractivity contribution is 0.200. The number of hydrogen-bond acceptors (Lipinski definition) is 2. The number of aromatic nitrogens is 2. The summed E-state index contributed by atoms with van der Waals surface area (Å²) in [7, 11) is 1.83. The Labute approximate surface area is 190 Å². The number of anilines is 1. The Morgan fingerprint density at radius 1 is 1.16 bits per heavy atom. The molecule has 1 aromatic heterocycles. The number of unbranched alkanes of at least 4 members (excludes halogenated alkanes) is 2. The summed E-state index contributed by atoms with van der Waals surface area (Å²) in [4.78, 5) is 24.8. The van der Waals surface area contributed by atoms with Crippen molar-refractivity contribution in [1.82, 2.24) is 14.5 Å². The van der Waals surface area contributed by atoms with Gasteiger partial charge in [-0.2, -0.15) is 0 Å². The number of carbonyl (C=O) groups is 1. The zero-order valence-corrected chi connectivity index (χ0v) is 19.2. The van der Waals surface area contributed by atoms with Gasteiger partial charge in [-0.05, 0) is 36.6 Å². The molecule has 3 aromatic rings. The number of hydrogen-bond donors (Lipinski definition) is 0. The second kappa shape index (κ2) is 11.1. The highest BCUT2D eigenvalue weighted by atomic mass is 16.2. The Kier molecular flexibility index (Phi) is 8.04. The van der Waals surface area contributed by atoms with Crippen LogP contribution in [0.25, 0.3) is 4.85 Å². The molecule has 0 unspecified atom stereocenters. The first-order valence-corrected chi connectivity index (χ1v) is 11.1. The molecule has 6 heteroatoms. The monoisotopic (exact) mass is 429 g/mol. The van der Waals surface area contributed by atoms with Gasteiger partial charge in [0.25, 0.3) is 0 Å². The normalized spacial score (nSPS) is 10.6. The van der Waals surface area contributed by atoms with Crippen LogP contribution < -0.4 is 4.90 Å². The molecule has 0 saturated heterocycles. The van der Waals surface area contributed by atoms with Crippen molar-refractivity contribution in [3.8, 4) is 0 Å². The van der Waals surface area contributed by atoms with Gasteiger partial charge in [0.15, 0.2) is 5.69 Å². The van der Waals surface area contributed by atoms with Crippen molar-refractivity contribution in [2.75, 3.05) is 18.5 Å². The van der Waals surface area contributed by atoms with E-state index < -0.39 is 0 Å². The summed E-state index contributed by atoms with van der Waals surface area (Å²) in [6, 6.07) is 15.6. The highest BCUT2D eigenvalue weighted by Crippen LogP contribution is 2.19. The van der Waals surface area contributed by atoms with Crippen LogP contribution in [0.3, 0.4) is 0 Å². The maximum Gasteiger partial charge on any atom is 0.324 e. The molecule has 166 valence electrons. The molecule has 1 heterocycles. The van der Waals surface area contributed by atoms with Gasteiger partial charge in [0, 0.05) is 32.0 Å². The van der Waals surface area contributed by atoms with Gasteiger partial charge < -0.3 is 9.47 Å². The third-order valence-electron chi connectivity index (χ3n) is 5.55. The van der Waals surface area contributed by atoms with Gasteiger partial charge >= 0.3 is 6.03 Å². The van der Waals surface area contributed by atoms with Gasteiger partial charge in [0.1, 0.15) is 0 Å². The molecule has 0 spiro atoms. The average Bonchev–Trinajstić information content (AvgIpc) is 3.24. The summed E-state index contributed by atoms with van der Waals surface area (Å²) in [5.74, 6) is 0. The SMILES string of the molecule is [C-]#[N+]c1ccc(Cn2cncc2CN(CCCCC)C(=O)N(C)c2cccc(C)c2)cc1. The quantitative estimate of drug-likeness (QED) is 0.307. The molecule has 6 nitrogen and oxygen atoms in total. The summed E-state index contributed by atoms with van der Waals surface area (Å²) in [6.45, 7) is 13.2. The summed E-state index contributed by atoms with van der Waals surface area (Å²) in [6.07, 6.45) is 6.80. The number of benzene rings is 2. The molecule has 0 radical (unpaired) electrons. The van der Waals surface area contributed by atoms with Gasteiger partial charge in [-0.3, -0.25) is 4.90 Å². The Morgan fingerprint density at radius 2 is 1.94 bits per heavy atom. The zero-order chi connectivity index (χ0) is 22.9. The van der Waals surface area contributed by atoms with Crippen molar-refractivity contribution >= 4 is 17.4 Å². The second-order valence-corrected chi connectivity index (χ2v) is 8.10. The molecule has 0 N–H and O–H groups in total. The molecule has 0 atom stereocenters. The number of aryl methyl sites for hydroxylation is 1. The van der Waals surface area contributed by atoms with Gasteiger partial charge in [-0.15, -0.1) is 0 Å². The van der Waals surface area contributed by atoms with E-state index in [-0.39, 0.29) is 6.03 Å². The summed E-state index contributed by atoms with van der Waals surface area (Å²) in [5.41, 5.74) is 4.73. The van der Waals surface area contributed by atoms with Crippen LogP contribution in [0.5, 0.6) is 0 Å². The van der Waals surface area contributed by atoms with Crippen LogP contribution in [0.1, 0.15) is 43.0 Å². The summed E-state index contributed by atoms with van der Waals surface area (Å²) < 4.78 is 2.07. The second-order valence-electron chi connectivity index (χ2n) is 8.10. The van der Waals surface area contributed by atoms with E-state index in [9.17, 15) is 4.79 Å². The molecule has 2 amide bonds. The van der Waals surface area contributed by atoms with E-state index in [1.165, 1.54) is 0 Å². The lowest BCUT2D eigenvalue weighted by Gasteiger charge is -2.29. The summed E-state index contributed by atoms with van der Waals surface area (Å²) >= 11 is 0. The minimum absolute atomic E-state index is 0.0131. The zero-order valence-electron chi connectivity index (χ0n) is 19.2. The van der Waals surface area contributed by atoms with Gasteiger partial charge in [-0.1, -0.05) is 56.2 Å². The molecule has 0 saturated carbocycles. The number of rotatable bonds is 9. The van der Waals surface area contributed by atoms with Gasteiger partial charge in [-0.25, -0.2) is 14.6 Å². The molecular formula is C26H31N5O. The lowest BCUT2D eigenvalue weighted by atomic mass is 10.2. The smallest absolute Gasteiger partial charge is 0.324 e. The Bertz CT molecular complexity index is 1060. The molecule has 0 aliphatic carbocycles. The molecule has 0 aliphatic heterocycles. The molecule has 0 fully saturated rings. The standard InChI is InChI=1S/C26H31N5O/c1-5-6-7-15-30(26(32)29(4)24-10-8-9-21(2)16-24)19-25-17-28-20-31(25)18-22-11-13-23(27-3)14-12-22/h8-14,16-17,20H,5-7,15,18-19H2,1-2,4H3. The number of amides is 2. The van der Waals surface area contributed by atoms with Crippen LogP contribution in [-0.2, 0) is 13.1 Å². The fraction of sp³-hybridized carbons (Fsp3) is 0.346. The molecule has 32 heavy (non-hydrogen) atoms. The first-order chi connectivity index (χ1) is 15.5. The van der Waals surface area contributed by atoms with E-state index in [2.05, 4.69) is 21.3 Å². The number of carbonyl (C=O) groups excluding carboxylic acids is 1. The molecule has 0 bridgehead atoms. The minimum atomic E-state index is -0.0131. The van der Waals surface area contributed by atoms with Crippen LogP contribution in [0.15, 0.2) is 61.1 Å². The topological polar surface area (TPSA) is 45.7 Å². The molecule has 0 aliphatic rings. The molecule has 3 rings (SSSR count). The van der Waals surface area contributed by atoms with Gasteiger partial charge in [0.05, 0.1) is 25.1 Å². The van der Waals surface area contributed by atoms with E-state index in [1.54, 1.807) is 11.2 Å². The highest BCUT2D eigenvalue weighted by molar-refractivity contribution is 5.91. The molecule has 2 aromatic carbocycles. The number of urea groups is 1. The van der Waals surface area contributed by atoms with E-state index in [4.69, 9.17) is 6.57 Å². The van der Waals surface area contributed by atoms with Crippen LogP contribution in [0, 0.1) is 13.5 Å². The predicted molar refractivity (Wildman–Crippen MR) is 129 cm³/mol. The Balaban J connectivity index is 1.77. The fourth-order valence-corrected chi connectivity index (χ4v) is 3.64. The first-order valence-electron chi connectivity index (χ1n) is 11.1. The Hall–Kier alpha value is -3.59. The highest BCUT2D eigenvalue weighted by Gasteiger charge is 2.21. The van der Waals surface area contributed by atoms with E-state index in [0.717, 1.165) is 41.8 Å². The maximum atomic E-state index is 13.4. The third kappa shape index (κ3) is 5.98. The first kappa shape index (κ1) is 23.1.